The van der Waals surface area contributed by atoms with Crippen molar-refractivity contribution in [2.24, 2.45) is 0 Å². The monoisotopic (exact) mass is 229 g/mol. The van der Waals surface area contributed by atoms with Crippen LogP contribution in [0.1, 0.15) is 27.9 Å². The van der Waals surface area contributed by atoms with Crippen molar-refractivity contribution >= 4 is 5.82 Å². The second-order valence-corrected chi connectivity index (χ2v) is 4.75. The fourth-order valence-corrected chi connectivity index (χ4v) is 2.30. The van der Waals surface area contributed by atoms with Crippen molar-refractivity contribution in [2.75, 3.05) is 5.73 Å². The number of anilines is 1. The molecule has 0 radical (unpaired) electrons. The second-order valence-electron chi connectivity index (χ2n) is 4.75. The lowest BCUT2D eigenvalue weighted by atomic mass is 10.00. The normalized spacial score (nSPS) is 10.8. The number of aryl methyl sites for hydroxylation is 4. The van der Waals surface area contributed by atoms with Gasteiger partial charge in [0, 0.05) is 6.07 Å². The number of hydrogen-bond donors (Lipinski definition) is 1. The molecule has 0 amide bonds. The number of nitrogens with zero attached hydrogens (tertiary/aromatic N) is 2. The van der Waals surface area contributed by atoms with Crippen LogP contribution in [0.25, 0.3) is 0 Å². The lowest BCUT2D eigenvalue weighted by molar-refractivity contribution is 0.683. The van der Waals surface area contributed by atoms with Crippen LogP contribution >= 0.6 is 0 Å². The molecule has 90 valence electrons. The van der Waals surface area contributed by atoms with Gasteiger partial charge in [0.25, 0.3) is 0 Å². The SMILES string of the molecule is Cc1cc(C)c(Cn2nc(C)cc2N)c(C)c1. The summed E-state index contributed by atoms with van der Waals surface area (Å²) in [6.45, 7) is 9.11. The molecule has 0 unspecified atom stereocenters. The van der Waals surface area contributed by atoms with Crippen molar-refractivity contribution < 1.29 is 0 Å². The highest BCUT2D eigenvalue weighted by Crippen LogP contribution is 2.19. The van der Waals surface area contributed by atoms with E-state index in [0.29, 0.717) is 0 Å². The molecule has 2 N–H and O–H groups in total. The summed E-state index contributed by atoms with van der Waals surface area (Å²) in [4.78, 5) is 0. The van der Waals surface area contributed by atoms with Crippen LogP contribution in [0.15, 0.2) is 18.2 Å². The minimum Gasteiger partial charge on any atom is -0.384 e. The van der Waals surface area contributed by atoms with E-state index in [1.807, 2.05) is 17.7 Å². The third kappa shape index (κ3) is 2.33. The Kier molecular flexibility index (Phi) is 2.92. The Balaban J connectivity index is 2.39. The summed E-state index contributed by atoms with van der Waals surface area (Å²) in [6.07, 6.45) is 0. The predicted molar refractivity (Wildman–Crippen MR) is 71.1 cm³/mol. The van der Waals surface area contributed by atoms with Crippen LogP contribution in [0, 0.1) is 27.7 Å². The van der Waals surface area contributed by atoms with E-state index in [9.17, 15) is 0 Å². The summed E-state index contributed by atoms with van der Waals surface area (Å²) in [6, 6.07) is 6.31. The fraction of sp³-hybridized carbons (Fsp3) is 0.357. The smallest absolute Gasteiger partial charge is 0.122 e. The molecule has 3 nitrogen and oxygen atoms in total. The van der Waals surface area contributed by atoms with Crippen LogP contribution in [0.3, 0.4) is 0 Å². The Morgan fingerprint density at radius 2 is 1.65 bits per heavy atom. The molecule has 0 saturated heterocycles. The maximum Gasteiger partial charge on any atom is 0.122 e. The Morgan fingerprint density at radius 1 is 1.06 bits per heavy atom. The molecular formula is C14H19N3. The van der Waals surface area contributed by atoms with E-state index in [0.717, 1.165) is 18.1 Å². The maximum atomic E-state index is 5.92. The van der Waals surface area contributed by atoms with E-state index in [1.54, 1.807) is 0 Å². The van der Waals surface area contributed by atoms with Crippen molar-refractivity contribution in [2.45, 2.75) is 34.2 Å². The van der Waals surface area contributed by atoms with E-state index in [1.165, 1.54) is 22.3 Å². The van der Waals surface area contributed by atoms with Gasteiger partial charge >= 0.3 is 0 Å². The van der Waals surface area contributed by atoms with Gasteiger partial charge in [-0.05, 0) is 44.4 Å². The van der Waals surface area contributed by atoms with Crippen LogP contribution in [0.4, 0.5) is 5.82 Å². The number of nitrogens with two attached hydrogens (primary N) is 1. The van der Waals surface area contributed by atoms with Crippen LogP contribution in [-0.2, 0) is 6.54 Å². The molecule has 3 heteroatoms. The first-order valence-corrected chi connectivity index (χ1v) is 5.84. The Morgan fingerprint density at radius 3 is 2.12 bits per heavy atom. The molecule has 0 aliphatic carbocycles. The molecule has 0 spiro atoms. The molecule has 0 aliphatic heterocycles. The Hall–Kier alpha value is -1.77. The summed E-state index contributed by atoms with van der Waals surface area (Å²) in [7, 11) is 0. The van der Waals surface area contributed by atoms with Gasteiger partial charge in [-0.1, -0.05) is 17.7 Å². The summed E-state index contributed by atoms with van der Waals surface area (Å²) < 4.78 is 1.86. The highest BCUT2D eigenvalue weighted by molar-refractivity contribution is 5.39. The van der Waals surface area contributed by atoms with Gasteiger partial charge in [0.2, 0.25) is 0 Å². The third-order valence-corrected chi connectivity index (χ3v) is 3.08. The maximum absolute atomic E-state index is 5.92. The van der Waals surface area contributed by atoms with Crippen molar-refractivity contribution in [3.05, 3.63) is 46.1 Å². The Bertz CT molecular complexity index is 530. The van der Waals surface area contributed by atoms with Gasteiger partial charge in [0.1, 0.15) is 5.82 Å². The third-order valence-electron chi connectivity index (χ3n) is 3.08. The molecule has 1 aromatic carbocycles. The van der Waals surface area contributed by atoms with E-state index in [4.69, 9.17) is 5.73 Å². The van der Waals surface area contributed by atoms with Crippen LogP contribution in [-0.4, -0.2) is 9.78 Å². The van der Waals surface area contributed by atoms with Crippen molar-refractivity contribution in [3.63, 3.8) is 0 Å². The van der Waals surface area contributed by atoms with E-state index in [-0.39, 0.29) is 0 Å². The van der Waals surface area contributed by atoms with Gasteiger partial charge < -0.3 is 5.73 Å². The van der Waals surface area contributed by atoms with Gasteiger partial charge in [-0.3, -0.25) is 0 Å². The van der Waals surface area contributed by atoms with Gasteiger partial charge in [0.05, 0.1) is 12.2 Å². The Labute approximate surface area is 102 Å². The van der Waals surface area contributed by atoms with Crippen molar-refractivity contribution in [1.29, 1.82) is 0 Å². The molecule has 1 aromatic heterocycles. The molecular weight excluding hydrogens is 210 g/mol. The van der Waals surface area contributed by atoms with E-state index >= 15 is 0 Å². The molecule has 2 rings (SSSR count). The van der Waals surface area contributed by atoms with Gasteiger partial charge in [-0.15, -0.1) is 0 Å². The number of rotatable bonds is 2. The van der Waals surface area contributed by atoms with E-state index < -0.39 is 0 Å². The minimum atomic E-state index is 0.724. The van der Waals surface area contributed by atoms with Crippen LogP contribution in [0.2, 0.25) is 0 Å². The molecule has 0 aliphatic rings. The lowest BCUT2D eigenvalue weighted by Gasteiger charge is -2.12. The number of nitrogen functional groups attached to an aromatic ring is 1. The first-order valence-electron chi connectivity index (χ1n) is 5.84. The number of benzene rings is 1. The molecule has 1 heterocycles. The zero-order valence-electron chi connectivity index (χ0n) is 10.9. The molecule has 0 fully saturated rings. The van der Waals surface area contributed by atoms with Crippen molar-refractivity contribution in [1.82, 2.24) is 9.78 Å². The predicted octanol–water partition coefficient (Wildman–Crippen LogP) is 2.75. The van der Waals surface area contributed by atoms with Crippen LogP contribution in [0.5, 0.6) is 0 Å². The molecule has 2 aromatic rings. The summed E-state index contributed by atoms with van der Waals surface area (Å²) in [5.41, 5.74) is 12.1. The zero-order chi connectivity index (χ0) is 12.6. The van der Waals surface area contributed by atoms with Gasteiger partial charge in [-0.25, -0.2) is 4.68 Å². The lowest BCUT2D eigenvalue weighted by Crippen LogP contribution is -2.08. The average molecular weight is 229 g/mol. The van der Waals surface area contributed by atoms with E-state index in [2.05, 4.69) is 38.0 Å². The minimum absolute atomic E-state index is 0.724. The molecule has 0 atom stereocenters. The first kappa shape index (κ1) is 11.7. The largest absolute Gasteiger partial charge is 0.384 e. The quantitative estimate of drug-likeness (QED) is 0.860. The highest BCUT2D eigenvalue weighted by Gasteiger charge is 2.07. The topological polar surface area (TPSA) is 43.8 Å². The standard InChI is InChI=1S/C14H19N3/c1-9-5-10(2)13(11(3)6-9)8-17-14(15)7-12(4)16-17/h5-7H,8,15H2,1-4H3. The number of aromatic nitrogens is 2. The van der Waals surface area contributed by atoms with Crippen molar-refractivity contribution in [3.8, 4) is 0 Å². The fourth-order valence-electron chi connectivity index (χ4n) is 2.30. The summed E-state index contributed by atoms with van der Waals surface area (Å²) in [5.74, 6) is 0.724. The zero-order valence-corrected chi connectivity index (χ0v) is 10.9. The average Bonchev–Trinajstić information content (AvgIpc) is 2.51. The van der Waals surface area contributed by atoms with Crippen LogP contribution < -0.4 is 5.73 Å². The first-order chi connectivity index (χ1) is 7.97. The molecule has 0 saturated carbocycles. The highest BCUT2D eigenvalue weighted by atomic mass is 15.3. The van der Waals surface area contributed by atoms with Gasteiger partial charge in [0.15, 0.2) is 0 Å². The molecule has 0 bridgehead atoms. The number of hydrogen-bond acceptors (Lipinski definition) is 2. The van der Waals surface area contributed by atoms with Gasteiger partial charge in [-0.2, -0.15) is 5.10 Å². The second kappa shape index (κ2) is 4.24. The summed E-state index contributed by atoms with van der Waals surface area (Å²) >= 11 is 0. The molecule has 17 heavy (non-hydrogen) atoms. The summed E-state index contributed by atoms with van der Waals surface area (Å²) in [5, 5.41) is 4.40.